The van der Waals surface area contributed by atoms with E-state index in [1.165, 1.54) is 5.56 Å². The highest BCUT2D eigenvalue weighted by atomic mass is 79.9. The average Bonchev–Trinajstić information content (AvgIpc) is 3.25. The molecule has 0 aliphatic rings. The maximum Gasteiger partial charge on any atom is 0.229 e. The third kappa shape index (κ3) is 4.77. The fourth-order valence-electron chi connectivity index (χ4n) is 2.97. The van der Waals surface area contributed by atoms with Crippen LogP contribution in [0.2, 0.25) is 0 Å². The molecule has 0 unspecified atom stereocenters. The van der Waals surface area contributed by atoms with Crippen LogP contribution in [0.1, 0.15) is 11.1 Å². The quantitative estimate of drug-likeness (QED) is 0.387. The Morgan fingerprint density at radius 3 is 2.60 bits per heavy atom. The van der Waals surface area contributed by atoms with Gasteiger partial charge in [-0.1, -0.05) is 17.7 Å². The summed E-state index contributed by atoms with van der Waals surface area (Å²) in [6, 6.07) is 14.0. The molecule has 0 saturated carbocycles. The molecule has 0 fully saturated rings. The van der Waals surface area contributed by atoms with Crippen LogP contribution in [0.5, 0.6) is 5.75 Å². The molecule has 4 rings (SSSR count). The fraction of sp³-hybridized carbons (Fsp3) is 0.136. The number of halogens is 1. The largest absolute Gasteiger partial charge is 0.496 e. The molecule has 152 valence electrons. The van der Waals surface area contributed by atoms with Crippen LogP contribution in [0.15, 0.2) is 71.9 Å². The minimum atomic E-state index is 0.492. The van der Waals surface area contributed by atoms with Gasteiger partial charge in [-0.25, -0.2) is 9.97 Å². The molecule has 4 aromatic rings. The van der Waals surface area contributed by atoms with Crippen molar-refractivity contribution >= 4 is 39.1 Å². The van der Waals surface area contributed by atoms with Gasteiger partial charge in [0.05, 0.1) is 24.5 Å². The van der Waals surface area contributed by atoms with Crippen molar-refractivity contribution in [3.63, 3.8) is 0 Å². The Bertz CT molecular complexity index is 1130. The van der Waals surface area contributed by atoms with Gasteiger partial charge in [0, 0.05) is 35.5 Å². The molecule has 0 aliphatic carbocycles. The summed E-state index contributed by atoms with van der Waals surface area (Å²) in [5, 5.41) is 6.59. The van der Waals surface area contributed by atoms with E-state index >= 15 is 0 Å². The highest BCUT2D eigenvalue weighted by molar-refractivity contribution is 9.10. The Hall–Kier alpha value is -3.39. The van der Waals surface area contributed by atoms with Crippen molar-refractivity contribution in [3.05, 3.63) is 83.0 Å². The number of anilines is 4. The monoisotopic (exact) mass is 464 g/mol. The van der Waals surface area contributed by atoms with Crippen LogP contribution >= 0.6 is 15.9 Å². The van der Waals surface area contributed by atoms with E-state index in [9.17, 15) is 0 Å². The number of aryl methyl sites for hydroxylation is 1. The van der Waals surface area contributed by atoms with Gasteiger partial charge in [-0.05, 0) is 53.2 Å². The maximum atomic E-state index is 5.50. The molecule has 0 saturated heterocycles. The van der Waals surface area contributed by atoms with Gasteiger partial charge >= 0.3 is 0 Å². The SMILES string of the molecule is COc1ccc(Nc2ncc(Br)c(Nc3ccc(C)cc3)n2)cc1Cn1ccnc1. The number of nitrogens with one attached hydrogen (secondary N) is 2. The zero-order valence-electron chi connectivity index (χ0n) is 16.6. The Morgan fingerprint density at radius 2 is 1.87 bits per heavy atom. The number of imidazole rings is 1. The molecule has 2 aromatic carbocycles. The molecule has 0 atom stereocenters. The summed E-state index contributed by atoms with van der Waals surface area (Å²) < 4.78 is 8.27. The normalized spacial score (nSPS) is 10.6. The zero-order chi connectivity index (χ0) is 20.9. The molecule has 2 heterocycles. The number of methoxy groups -OCH3 is 1. The van der Waals surface area contributed by atoms with E-state index in [0.29, 0.717) is 18.3 Å². The third-order valence-corrected chi connectivity index (χ3v) is 5.09. The van der Waals surface area contributed by atoms with Gasteiger partial charge < -0.3 is 19.9 Å². The summed E-state index contributed by atoms with van der Waals surface area (Å²) in [6.07, 6.45) is 7.18. The van der Waals surface area contributed by atoms with Crippen LogP contribution in [0, 0.1) is 6.92 Å². The third-order valence-electron chi connectivity index (χ3n) is 4.51. The van der Waals surface area contributed by atoms with E-state index < -0.39 is 0 Å². The van der Waals surface area contributed by atoms with E-state index in [1.807, 2.05) is 41.1 Å². The second kappa shape index (κ2) is 8.96. The van der Waals surface area contributed by atoms with E-state index in [1.54, 1.807) is 25.8 Å². The Labute approximate surface area is 183 Å². The summed E-state index contributed by atoms with van der Waals surface area (Å²) in [6.45, 7) is 2.71. The minimum Gasteiger partial charge on any atom is -0.496 e. The lowest BCUT2D eigenvalue weighted by atomic mass is 10.1. The van der Waals surface area contributed by atoms with Crippen LogP contribution in [0.25, 0.3) is 0 Å². The molecular weight excluding hydrogens is 444 g/mol. The number of nitrogens with zero attached hydrogens (tertiary/aromatic N) is 4. The lowest BCUT2D eigenvalue weighted by molar-refractivity contribution is 0.408. The highest BCUT2D eigenvalue weighted by Crippen LogP contribution is 2.28. The molecule has 2 N–H and O–H groups in total. The van der Waals surface area contributed by atoms with E-state index in [2.05, 4.69) is 60.6 Å². The first-order valence-corrected chi connectivity index (χ1v) is 10.2. The van der Waals surface area contributed by atoms with Crippen LogP contribution in [-0.4, -0.2) is 26.6 Å². The zero-order valence-corrected chi connectivity index (χ0v) is 18.2. The number of ether oxygens (including phenoxy) is 1. The van der Waals surface area contributed by atoms with E-state index in [-0.39, 0.29) is 0 Å². The number of rotatable bonds is 7. The van der Waals surface area contributed by atoms with Crippen molar-refractivity contribution in [3.8, 4) is 5.75 Å². The molecule has 0 radical (unpaired) electrons. The van der Waals surface area contributed by atoms with Crippen molar-refractivity contribution in [2.45, 2.75) is 13.5 Å². The maximum absolute atomic E-state index is 5.50. The molecule has 0 bridgehead atoms. The lowest BCUT2D eigenvalue weighted by Gasteiger charge is -2.13. The molecule has 0 amide bonds. The van der Waals surface area contributed by atoms with Gasteiger partial charge in [0.1, 0.15) is 11.6 Å². The second-order valence-corrected chi connectivity index (χ2v) is 7.62. The topological polar surface area (TPSA) is 76.9 Å². The summed E-state index contributed by atoms with van der Waals surface area (Å²) in [5.74, 6) is 1.99. The predicted molar refractivity (Wildman–Crippen MR) is 122 cm³/mol. The summed E-state index contributed by atoms with van der Waals surface area (Å²) in [4.78, 5) is 13.1. The number of aromatic nitrogens is 4. The number of hydrogen-bond donors (Lipinski definition) is 2. The molecule has 2 aromatic heterocycles. The molecule has 0 aliphatic heterocycles. The van der Waals surface area contributed by atoms with Gasteiger partial charge in [0.15, 0.2) is 0 Å². The van der Waals surface area contributed by atoms with Gasteiger partial charge in [-0.15, -0.1) is 0 Å². The van der Waals surface area contributed by atoms with Gasteiger partial charge in [0.25, 0.3) is 0 Å². The van der Waals surface area contributed by atoms with Crippen molar-refractivity contribution in [2.24, 2.45) is 0 Å². The van der Waals surface area contributed by atoms with Crippen LogP contribution in [0.3, 0.4) is 0 Å². The first kappa shape index (κ1) is 19.9. The highest BCUT2D eigenvalue weighted by Gasteiger charge is 2.09. The van der Waals surface area contributed by atoms with Crippen molar-refractivity contribution in [1.29, 1.82) is 0 Å². The summed E-state index contributed by atoms with van der Waals surface area (Å²) in [5.41, 5.74) is 4.05. The second-order valence-electron chi connectivity index (χ2n) is 6.77. The van der Waals surface area contributed by atoms with Crippen molar-refractivity contribution in [1.82, 2.24) is 19.5 Å². The standard InChI is InChI=1S/C22H21BrN6O/c1-15-3-5-17(6-4-15)26-21-19(23)12-25-22(28-21)27-18-7-8-20(30-2)16(11-18)13-29-10-9-24-14-29/h3-12,14H,13H2,1-2H3,(H2,25,26,27,28). The number of benzene rings is 2. The van der Waals surface area contributed by atoms with Gasteiger partial charge in [0.2, 0.25) is 5.95 Å². The van der Waals surface area contributed by atoms with Gasteiger partial charge in [-0.2, -0.15) is 4.98 Å². The molecule has 30 heavy (non-hydrogen) atoms. The smallest absolute Gasteiger partial charge is 0.229 e. The van der Waals surface area contributed by atoms with Crippen molar-refractivity contribution < 1.29 is 4.74 Å². The molecule has 7 nitrogen and oxygen atoms in total. The van der Waals surface area contributed by atoms with E-state index in [0.717, 1.165) is 27.2 Å². The molecular formula is C22H21BrN6O. The lowest BCUT2D eigenvalue weighted by Crippen LogP contribution is -2.04. The fourth-order valence-corrected chi connectivity index (χ4v) is 3.26. The summed E-state index contributed by atoms with van der Waals surface area (Å²) >= 11 is 3.51. The van der Waals surface area contributed by atoms with Crippen LogP contribution in [0.4, 0.5) is 23.1 Å². The number of hydrogen-bond acceptors (Lipinski definition) is 6. The molecule has 0 spiro atoms. The summed E-state index contributed by atoms with van der Waals surface area (Å²) in [7, 11) is 1.67. The minimum absolute atomic E-state index is 0.492. The Morgan fingerprint density at radius 1 is 1.07 bits per heavy atom. The van der Waals surface area contributed by atoms with Crippen molar-refractivity contribution in [2.75, 3.05) is 17.7 Å². The van der Waals surface area contributed by atoms with Crippen LogP contribution in [-0.2, 0) is 6.54 Å². The Kier molecular flexibility index (Phi) is 5.94. The first-order chi connectivity index (χ1) is 14.6. The molecule has 8 heteroatoms. The predicted octanol–water partition coefficient (Wildman–Crippen LogP) is 5.29. The average molecular weight is 465 g/mol. The Balaban J connectivity index is 1.55. The van der Waals surface area contributed by atoms with Gasteiger partial charge in [-0.3, -0.25) is 0 Å². The van der Waals surface area contributed by atoms with E-state index in [4.69, 9.17) is 4.74 Å². The first-order valence-electron chi connectivity index (χ1n) is 9.36. The van der Waals surface area contributed by atoms with Crippen LogP contribution < -0.4 is 15.4 Å².